The van der Waals surface area contributed by atoms with Crippen molar-refractivity contribution < 1.29 is 13.9 Å². The van der Waals surface area contributed by atoms with E-state index in [0.717, 1.165) is 54.5 Å². The van der Waals surface area contributed by atoms with Gasteiger partial charge in [-0.05, 0) is 74.9 Å². The summed E-state index contributed by atoms with van der Waals surface area (Å²) in [6.45, 7) is 7.82. The molecule has 8 nitrogen and oxygen atoms in total. The smallest absolute Gasteiger partial charge is 0.320 e. The summed E-state index contributed by atoms with van der Waals surface area (Å²) in [6, 6.07) is 13.3. The van der Waals surface area contributed by atoms with Gasteiger partial charge in [-0.2, -0.15) is 9.97 Å². The van der Waals surface area contributed by atoms with Crippen molar-refractivity contribution in [2.24, 2.45) is 0 Å². The SMILES string of the molecule is C=CC(=O)N1CCC2[C@H]1CN2c1nc(OCC23CCCN2CCC3)nc2nc(-c3cccc4ccc(F)c(Cl)c34)ccc12. The van der Waals surface area contributed by atoms with E-state index < -0.39 is 5.82 Å². The number of amides is 1. The van der Waals surface area contributed by atoms with Crippen molar-refractivity contribution in [3.8, 4) is 17.3 Å². The van der Waals surface area contributed by atoms with Crippen LogP contribution in [0.4, 0.5) is 10.2 Å². The maximum absolute atomic E-state index is 14.5. The van der Waals surface area contributed by atoms with Crippen molar-refractivity contribution in [2.75, 3.05) is 37.7 Å². The van der Waals surface area contributed by atoms with Crippen molar-refractivity contribution in [1.29, 1.82) is 0 Å². The van der Waals surface area contributed by atoms with Crippen LogP contribution in [0, 0.1) is 5.82 Å². The molecule has 2 aromatic carbocycles. The Balaban J connectivity index is 1.20. The number of hydrogen-bond acceptors (Lipinski definition) is 7. The first kappa shape index (κ1) is 26.8. The number of fused-ring (bicyclic) bond motifs is 4. The van der Waals surface area contributed by atoms with E-state index >= 15 is 0 Å². The summed E-state index contributed by atoms with van der Waals surface area (Å²) in [6.07, 6.45) is 6.86. The molecule has 4 aromatic rings. The lowest BCUT2D eigenvalue weighted by atomic mass is 9.95. The third-order valence-electron chi connectivity index (χ3n) is 10.0. The molecule has 220 valence electrons. The molecule has 0 aliphatic carbocycles. The standard InChI is InChI=1S/C33H32ClFN6O2/c1-2-27(42)40-17-12-25-26(40)18-41(25)31-22-9-11-24(21-7-3-6-20-8-10-23(35)29(34)28(20)21)36-30(22)37-32(38-31)43-19-33-13-4-15-39(33)16-5-14-33/h2-3,6-11,25-26H,1,4-5,12-19H2/t25?,26-/m1/s1. The first-order valence-electron chi connectivity index (χ1n) is 15.1. The molecule has 4 aliphatic rings. The highest BCUT2D eigenvalue weighted by molar-refractivity contribution is 6.36. The predicted molar refractivity (Wildman–Crippen MR) is 165 cm³/mol. The molecular weight excluding hydrogens is 567 g/mol. The predicted octanol–water partition coefficient (Wildman–Crippen LogP) is 5.62. The number of rotatable bonds is 6. The van der Waals surface area contributed by atoms with Crippen LogP contribution >= 0.6 is 11.6 Å². The Kier molecular flexibility index (Phi) is 6.31. The third-order valence-corrected chi connectivity index (χ3v) is 10.4. The van der Waals surface area contributed by atoms with Gasteiger partial charge in [-0.25, -0.2) is 9.37 Å². The normalized spacial score (nSPS) is 22.6. The monoisotopic (exact) mass is 598 g/mol. The Morgan fingerprint density at radius 3 is 2.72 bits per heavy atom. The van der Waals surface area contributed by atoms with Crippen LogP contribution in [0.1, 0.15) is 32.1 Å². The minimum atomic E-state index is -0.470. The molecule has 0 bridgehead atoms. The van der Waals surface area contributed by atoms with Crippen LogP contribution in [-0.2, 0) is 4.79 Å². The van der Waals surface area contributed by atoms with Crippen molar-refractivity contribution in [2.45, 2.75) is 49.7 Å². The van der Waals surface area contributed by atoms with Crippen molar-refractivity contribution >= 4 is 45.1 Å². The van der Waals surface area contributed by atoms with Crippen LogP contribution in [0.5, 0.6) is 6.01 Å². The van der Waals surface area contributed by atoms with Crippen LogP contribution in [0.3, 0.4) is 0 Å². The van der Waals surface area contributed by atoms with E-state index in [1.54, 1.807) is 6.07 Å². The first-order chi connectivity index (χ1) is 21.0. The number of anilines is 1. The van der Waals surface area contributed by atoms with Crippen molar-refractivity contribution in [3.63, 3.8) is 0 Å². The average Bonchev–Trinajstić information content (AvgIpc) is 3.69. The van der Waals surface area contributed by atoms with Gasteiger partial charge in [0.15, 0.2) is 5.65 Å². The van der Waals surface area contributed by atoms with E-state index in [2.05, 4.69) is 16.4 Å². The lowest BCUT2D eigenvalue weighted by Gasteiger charge is -2.47. The fourth-order valence-corrected chi connectivity index (χ4v) is 8.12. The second-order valence-corrected chi connectivity index (χ2v) is 12.6. The summed E-state index contributed by atoms with van der Waals surface area (Å²) in [5, 5.41) is 2.33. The molecule has 1 amide bonds. The third kappa shape index (κ3) is 4.19. The van der Waals surface area contributed by atoms with Crippen LogP contribution in [0.2, 0.25) is 5.02 Å². The molecule has 2 aromatic heterocycles. The second kappa shape index (κ2) is 10.1. The van der Waals surface area contributed by atoms with E-state index in [1.807, 2.05) is 35.2 Å². The quantitative estimate of drug-likeness (QED) is 0.267. The number of halogens is 2. The zero-order chi connectivity index (χ0) is 29.3. The number of benzene rings is 2. The first-order valence-corrected chi connectivity index (χ1v) is 15.5. The number of nitrogens with zero attached hydrogens (tertiary/aromatic N) is 6. The van der Waals surface area contributed by atoms with E-state index in [0.29, 0.717) is 42.4 Å². The van der Waals surface area contributed by atoms with Crippen LogP contribution < -0.4 is 9.64 Å². The van der Waals surface area contributed by atoms with Crippen LogP contribution in [0.15, 0.2) is 55.1 Å². The Morgan fingerprint density at radius 1 is 1.07 bits per heavy atom. The highest BCUT2D eigenvalue weighted by Crippen LogP contribution is 2.42. The average molecular weight is 599 g/mol. The summed E-state index contributed by atoms with van der Waals surface area (Å²) in [4.78, 5) is 33.9. The molecule has 2 atom stereocenters. The largest absolute Gasteiger partial charge is 0.461 e. The molecule has 0 N–H and O–H groups in total. The van der Waals surface area contributed by atoms with Gasteiger partial charge in [-0.1, -0.05) is 42.4 Å². The Morgan fingerprint density at radius 2 is 1.91 bits per heavy atom. The van der Waals surface area contributed by atoms with E-state index in [-0.39, 0.29) is 28.6 Å². The van der Waals surface area contributed by atoms with Gasteiger partial charge in [0.1, 0.15) is 18.2 Å². The molecular formula is C33H32ClFN6O2. The number of carbonyl (C=O) groups excluding carboxylic acids is 1. The summed E-state index contributed by atoms with van der Waals surface area (Å²) in [5.41, 5.74) is 1.94. The molecule has 4 aliphatic heterocycles. The van der Waals surface area contributed by atoms with Gasteiger partial charge in [-0.15, -0.1) is 0 Å². The molecule has 0 spiro atoms. The van der Waals surface area contributed by atoms with Crippen molar-refractivity contribution in [3.05, 3.63) is 66.0 Å². The Labute approximate surface area is 254 Å². The Hall–Kier alpha value is -3.82. The highest BCUT2D eigenvalue weighted by Gasteiger charge is 2.49. The van der Waals surface area contributed by atoms with Gasteiger partial charge in [-0.3, -0.25) is 9.69 Å². The zero-order valence-corrected chi connectivity index (χ0v) is 24.6. The van der Waals surface area contributed by atoms with Crippen LogP contribution in [-0.4, -0.2) is 81.1 Å². The summed E-state index contributed by atoms with van der Waals surface area (Å²) >= 11 is 6.47. The molecule has 4 saturated heterocycles. The van der Waals surface area contributed by atoms with Gasteiger partial charge in [0, 0.05) is 24.0 Å². The van der Waals surface area contributed by atoms with Crippen molar-refractivity contribution in [1.82, 2.24) is 24.8 Å². The maximum Gasteiger partial charge on any atom is 0.320 e. The maximum atomic E-state index is 14.5. The Bertz CT molecular complexity index is 1790. The lowest BCUT2D eigenvalue weighted by molar-refractivity contribution is -0.127. The number of aromatic nitrogens is 3. The number of hydrogen-bond donors (Lipinski definition) is 0. The van der Waals surface area contributed by atoms with Gasteiger partial charge < -0.3 is 14.5 Å². The summed E-state index contributed by atoms with van der Waals surface area (Å²) in [5.74, 6) is 0.266. The minimum Gasteiger partial charge on any atom is -0.461 e. The highest BCUT2D eigenvalue weighted by atomic mass is 35.5. The fourth-order valence-electron chi connectivity index (χ4n) is 7.85. The summed E-state index contributed by atoms with van der Waals surface area (Å²) < 4.78 is 20.9. The van der Waals surface area contributed by atoms with E-state index in [9.17, 15) is 9.18 Å². The molecule has 0 radical (unpaired) electrons. The fraction of sp³-hybridized carbons (Fsp3) is 0.394. The number of likely N-dealkylation sites (tertiary alicyclic amines) is 1. The lowest BCUT2D eigenvalue weighted by Crippen LogP contribution is -2.63. The summed E-state index contributed by atoms with van der Waals surface area (Å²) in [7, 11) is 0. The molecule has 10 heteroatoms. The molecule has 43 heavy (non-hydrogen) atoms. The topological polar surface area (TPSA) is 74.7 Å². The van der Waals surface area contributed by atoms with Crippen LogP contribution in [0.25, 0.3) is 33.1 Å². The van der Waals surface area contributed by atoms with Gasteiger partial charge in [0.05, 0.1) is 33.7 Å². The van der Waals surface area contributed by atoms with Gasteiger partial charge in [0.2, 0.25) is 5.91 Å². The molecule has 8 rings (SSSR count). The van der Waals surface area contributed by atoms with Gasteiger partial charge in [0.25, 0.3) is 0 Å². The number of ether oxygens (including phenoxy) is 1. The molecule has 0 saturated carbocycles. The number of pyridine rings is 1. The zero-order valence-electron chi connectivity index (χ0n) is 23.8. The molecule has 1 unspecified atom stereocenters. The van der Waals surface area contributed by atoms with Gasteiger partial charge >= 0.3 is 6.01 Å². The van der Waals surface area contributed by atoms with E-state index in [4.69, 9.17) is 31.3 Å². The minimum absolute atomic E-state index is 0.0304. The number of carbonyl (C=O) groups is 1. The molecule has 6 heterocycles. The second-order valence-electron chi connectivity index (χ2n) is 12.2. The molecule has 4 fully saturated rings. The van der Waals surface area contributed by atoms with E-state index in [1.165, 1.54) is 25.0 Å².